The van der Waals surface area contributed by atoms with Gasteiger partial charge >= 0.3 is 0 Å². The summed E-state index contributed by atoms with van der Waals surface area (Å²) in [6, 6.07) is 0. The lowest BCUT2D eigenvalue weighted by atomic mass is 10.7. The molecule has 0 fully saturated rings. The molecule has 0 aliphatic rings. The van der Waals surface area contributed by atoms with Gasteiger partial charge in [0.1, 0.15) is 11.3 Å². The zero-order valence-corrected chi connectivity index (χ0v) is 5.39. The van der Waals surface area contributed by atoms with Crippen molar-refractivity contribution in [3.63, 3.8) is 0 Å². The fourth-order valence-electron chi connectivity index (χ4n) is 0.403. The monoisotopic (exact) mass is 143 g/mol. The Morgan fingerprint density at radius 1 is 1.89 bits per heavy atom. The Morgan fingerprint density at radius 3 is 3.33 bits per heavy atom. The van der Waals surface area contributed by atoms with Gasteiger partial charge in [-0.25, -0.2) is 4.98 Å². The fourth-order valence-corrected chi connectivity index (χ4v) is 0.861. The van der Waals surface area contributed by atoms with Gasteiger partial charge in [-0.1, -0.05) is 0 Å². The number of amides is 1. The van der Waals surface area contributed by atoms with Gasteiger partial charge in [-0.15, -0.1) is 0 Å². The summed E-state index contributed by atoms with van der Waals surface area (Å²) in [5.74, 6) is 0. The van der Waals surface area contributed by atoms with E-state index in [4.69, 9.17) is 0 Å². The van der Waals surface area contributed by atoms with Crippen LogP contribution < -0.4 is 5.32 Å². The first-order valence-corrected chi connectivity index (χ1v) is 3.13. The lowest BCUT2D eigenvalue weighted by Gasteiger charge is -1.87. The van der Waals surface area contributed by atoms with Crippen LogP contribution in [0.1, 0.15) is 5.01 Å². The topological polar surface area (TPSA) is 54.9 Å². The zero-order valence-electron chi connectivity index (χ0n) is 4.57. The van der Waals surface area contributed by atoms with E-state index in [-0.39, 0.29) is 0 Å². The second kappa shape index (κ2) is 3.13. The molecule has 1 heterocycles. The van der Waals surface area contributed by atoms with Crippen LogP contribution >= 0.6 is 11.5 Å². The van der Waals surface area contributed by atoms with Crippen molar-refractivity contribution in [1.29, 1.82) is 0 Å². The summed E-state index contributed by atoms with van der Waals surface area (Å²) in [7, 11) is 0. The predicted octanol–water partition coefficient (Wildman–Crippen LogP) is -0.216. The molecular weight excluding hydrogens is 138 g/mol. The van der Waals surface area contributed by atoms with E-state index >= 15 is 0 Å². The van der Waals surface area contributed by atoms with Gasteiger partial charge in [0, 0.05) is 0 Å². The Balaban J connectivity index is 2.38. The molecule has 0 aliphatic heterocycles. The maximum absolute atomic E-state index is 9.75. The first-order chi connectivity index (χ1) is 4.43. The molecule has 0 saturated carbocycles. The Hall–Kier alpha value is -0.970. The van der Waals surface area contributed by atoms with Crippen molar-refractivity contribution in [1.82, 2.24) is 14.7 Å². The zero-order chi connectivity index (χ0) is 6.53. The van der Waals surface area contributed by atoms with Crippen molar-refractivity contribution in [2.75, 3.05) is 0 Å². The van der Waals surface area contributed by atoms with E-state index in [1.165, 1.54) is 17.9 Å². The van der Waals surface area contributed by atoms with Crippen LogP contribution in [0.2, 0.25) is 0 Å². The highest BCUT2D eigenvalue weighted by Gasteiger charge is 1.91. The van der Waals surface area contributed by atoms with Crippen molar-refractivity contribution >= 4 is 17.9 Å². The second-order valence-electron chi connectivity index (χ2n) is 1.33. The van der Waals surface area contributed by atoms with Crippen LogP contribution in [0.4, 0.5) is 0 Å². The second-order valence-corrected chi connectivity index (χ2v) is 2.20. The molecule has 0 unspecified atom stereocenters. The van der Waals surface area contributed by atoms with E-state index < -0.39 is 0 Å². The molecule has 0 aromatic carbocycles. The van der Waals surface area contributed by atoms with Gasteiger partial charge in [0.05, 0.1) is 6.54 Å². The van der Waals surface area contributed by atoms with Crippen molar-refractivity contribution in [3.05, 3.63) is 11.3 Å². The highest BCUT2D eigenvalue weighted by Crippen LogP contribution is 1.96. The third kappa shape index (κ3) is 1.77. The van der Waals surface area contributed by atoms with Gasteiger partial charge in [-0.3, -0.25) is 4.79 Å². The molecule has 0 aliphatic carbocycles. The first-order valence-electron chi connectivity index (χ1n) is 2.36. The lowest BCUT2D eigenvalue weighted by molar-refractivity contribution is -0.109. The standard InChI is InChI=1S/C4H5N3OS/c8-3-5-1-4-6-2-7-9-4/h2-3H,1H2,(H,5,8). The van der Waals surface area contributed by atoms with Crippen LogP contribution in [-0.4, -0.2) is 15.8 Å². The van der Waals surface area contributed by atoms with Crippen LogP contribution in [0.3, 0.4) is 0 Å². The lowest BCUT2D eigenvalue weighted by Crippen LogP contribution is -2.08. The molecule has 1 aromatic rings. The minimum absolute atomic E-state index is 0.480. The Morgan fingerprint density at radius 2 is 2.78 bits per heavy atom. The third-order valence-electron chi connectivity index (χ3n) is 0.744. The SMILES string of the molecule is O=CNCc1ncns1. The third-order valence-corrected chi connectivity index (χ3v) is 1.40. The predicted molar refractivity (Wildman–Crippen MR) is 32.8 cm³/mol. The molecule has 0 radical (unpaired) electrons. The maximum Gasteiger partial charge on any atom is 0.207 e. The molecule has 4 nitrogen and oxygen atoms in total. The van der Waals surface area contributed by atoms with E-state index in [2.05, 4.69) is 14.7 Å². The number of hydrogen-bond donors (Lipinski definition) is 1. The number of carbonyl (C=O) groups excluding carboxylic acids is 1. The summed E-state index contributed by atoms with van der Waals surface area (Å²) in [6.45, 7) is 0.480. The normalized spacial score (nSPS) is 8.89. The molecule has 1 N–H and O–H groups in total. The largest absolute Gasteiger partial charge is 0.352 e. The van der Waals surface area contributed by atoms with Crippen LogP contribution in [0, 0.1) is 0 Å². The summed E-state index contributed by atoms with van der Waals surface area (Å²) in [6.07, 6.45) is 2.11. The van der Waals surface area contributed by atoms with E-state index in [0.717, 1.165) is 5.01 Å². The van der Waals surface area contributed by atoms with Crippen molar-refractivity contribution in [2.24, 2.45) is 0 Å². The smallest absolute Gasteiger partial charge is 0.207 e. The highest BCUT2D eigenvalue weighted by molar-refractivity contribution is 7.05. The molecule has 9 heavy (non-hydrogen) atoms. The molecule has 0 bridgehead atoms. The maximum atomic E-state index is 9.75. The molecule has 0 spiro atoms. The molecule has 1 amide bonds. The first kappa shape index (κ1) is 6.15. The van der Waals surface area contributed by atoms with Crippen molar-refractivity contribution in [2.45, 2.75) is 6.54 Å². The molecule has 5 heteroatoms. The van der Waals surface area contributed by atoms with Gasteiger partial charge in [0.15, 0.2) is 0 Å². The Bertz CT molecular complexity index is 174. The number of rotatable bonds is 3. The van der Waals surface area contributed by atoms with E-state index in [1.807, 2.05) is 0 Å². The molecule has 1 rings (SSSR count). The quantitative estimate of drug-likeness (QED) is 0.595. The Kier molecular flexibility index (Phi) is 2.14. The van der Waals surface area contributed by atoms with Crippen LogP contribution in [0.5, 0.6) is 0 Å². The number of carbonyl (C=O) groups is 1. The van der Waals surface area contributed by atoms with Gasteiger partial charge in [-0.05, 0) is 11.5 Å². The van der Waals surface area contributed by atoms with Gasteiger partial charge < -0.3 is 5.32 Å². The number of hydrogen-bond acceptors (Lipinski definition) is 4. The van der Waals surface area contributed by atoms with Crippen LogP contribution in [0.25, 0.3) is 0 Å². The molecular formula is C4H5N3OS. The Labute approximate surface area is 56.1 Å². The van der Waals surface area contributed by atoms with Crippen molar-refractivity contribution < 1.29 is 4.79 Å². The number of aromatic nitrogens is 2. The van der Waals surface area contributed by atoms with Crippen molar-refractivity contribution in [3.8, 4) is 0 Å². The molecule has 0 atom stereocenters. The van der Waals surface area contributed by atoms with Gasteiger partial charge in [0.25, 0.3) is 0 Å². The molecule has 48 valence electrons. The molecule has 0 saturated heterocycles. The number of nitrogens with one attached hydrogen (secondary N) is 1. The van der Waals surface area contributed by atoms with E-state index in [0.29, 0.717) is 13.0 Å². The summed E-state index contributed by atoms with van der Waals surface area (Å²) in [5.41, 5.74) is 0. The van der Waals surface area contributed by atoms with Gasteiger partial charge in [-0.2, -0.15) is 4.37 Å². The van der Waals surface area contributed by atoms with E-state index in [9.17, 15) is 4.79 Å². The number of nitrogens with zero attached hydrogens (tertiary/aromatic N) is 2. The van der Waals surface area contributed by atoms with Crippen LogP contribution in [-0.2, 0) is 11.3 Å². The highest BCUT2D eigenvalue weighted by atomic mass is 32.1. The average molecular weight is 143 g/mol. The summed E-state index contributed by atoms with van der Waals surface area (Å²) < 4.78 is 3.75. The minimum atomic E-state index is 0.480. The summed E-state index contributed by atoms with van der Waals surface area (Å²) >= 11 is 1.28. The minimum Gasteiger partial charge on any atom is -0.352 e. The average Bonchev–Trinajstić information content (AvgIpc) is 2.34. The van der Waals surface area contributed by atoms with Crippen LogP contribution in [0.15, 0.2) is 6.33 Å². The fraction of sp³-hybridized carbons (Fsp3) is 0.250. The summed E-state index contributed by atoms with van der Waals surface area (Å²) in [5, 5.41) is 3.30. The summed E-state index contributed by atoms with van der Waals surface area (Å²) in [4.78, 5) is 13.6. The van der Waals surface area contributed by atoms with E-state index in [1.54, 1.807) is 0 Å². The molecule has 1 aromatic heterocycles. The van der Waals surface area contributed by atoms with Gasteiger partial charge in [0.2, 0.25) is 6.41 Å².